The number of aromatic nitrogens is 2. The van der Waals surface area contributed by atoms with E-state index in [0.717, 1.165) is 29.2 Å². The molecule has 1 rings (SSSR count). The second-order valence-corrected chi connectivity index (χ2v) is 5.38. The Bertz CT molecular complexity index is 425. The van der Waals surface area contributed by atoms with Gasteiger partial charge in [-0.2, -0.15) is 5.26 Å². The van der Waals surface area contributed by atoms with Crippen molar-refractivity contribution >= 4 is 21.7 Å². The van der Waals surface area contributed by atoms with Crippen LogP contribution in [0.25, 0.3) is 0 Å². The van der Waals surface area contributed by atoms with Crippen LogP contribution in [-0.4, -0.2) is 23.1 Å². The predicted octanol–water partition coefficient (Wildman–Crippen LogP) is 3.18. The molecule has 0 bridgehead atoms. The van der Waals surface area contributed by atoms with Crippen LogP contribution < -0.4 is 4.90 Å². The van der Waals surface area contributed by atoms with Gasteiger partial charge in [-0.25, -0.2) is 9.97 Å². The van der Waals surface area contributed by atoms with Gasteiger partial charge in [-0.3, -0.25) is 0 Å². The zero-order chi connectivity index (χ0) is 13.5. The number of nitriles is 1. The Morgan fingerprint density at radius 2 is 2.17 bits per heavy atom. The minimum Gasteiger partial charge on any atom is -0.355 e. The SMILES string of the molecule is CCc1nc(Br)cc(N(CCC#N)CC(C)C)n1. The minimum atomic E-state index is 0.510. The van der Waals surface area contributed by atoms with Crippen LogP contribution in [0, 0.1) is 17.2 Å². The summed E-state index contributed by atoms with van der Waals surface area (Å²) >= 11 is 3.41. The fourth-order valence-corrected chi connectivity index (χ4v) is 2.11. The van der Waals surface area contributed by atoms with E-state index in [2.05, 4.69) is 50.7 Å². The molecule has 0 N–H and O–H groups in total. The molecule has 98 valence electrons. The van der Waals surface area contributed by atoms with E-state index in [4.69, 9.17) is 5.26 Å². The largest absolute Gasteiger partial charge is 0.355 e. The molecule has 0 unspecified atom stereocenters. The molecule has 0 saturated carbocycles. The lowest BCUT2D eigenvalue weighted by Gasteiger charge is -2.25. The molecule has 0 aliphatic rings. The summed E-state index contributed by atoms with van der Waals surface area (Å²) in [4.78, 5) is 11.0. The summed E-state index contributed by atoms with van der Waals surface area (Å²) < 4.78 is 0.801. The monoisotopic (exact) mass is 310 g/mol. The van der Waals surface area contributed by atoms with Crippen molar-refractivity contribution in [1.29, 1.82) is 5.26 Å². The van der Waals surface area contributed by atoms with Crippen LogP contribution in [0.4, 0.5) is 5.82 Å². The third-order valence-electron chi connectivity index (χ3n) is 2.45. The van der Waals surface area contributed by atoms with Crippen molar-refractivity contribution < 1.29 is 0 Å². The van der Waals surface area contributed by atoms with Crippen molar-refractivity contribution in [2.45, 2.75) is 33.6 Å². The van der Waals surface area contributed by atoms with Crippen molar-refractivity contribution in [3.05, 3.63) is 16.5 Å². The maximum atomic E-state index is 8.73. The average Bonchev–Trinajstić information content (AvgIpc) is 2.33. The second-order valence-electron chi connectivity index (χ2n) is 4.57. The molecule has 4 nitrogen and oxygen atoms in total. The van der Waals surface area contributed by atoms with Gasteiger partial charge < -0.3 is 4.90 Å². The van der Waals surface area contributed by atoms with E-state index < -0.39 is 0 Å². The highest BCUT2D eigenvalue weighted by Gasteiger charge is 2.12. The summed E-state index contributed by atoms with van der Waals surface area (Å²) in [5.74, 6) is 2.25. The highest BCUT2D eigenvalue weighted by Crippen LogP contribution is 2.18. The Labute approximate surface area is 117 Å². The quantitative estimate of drug-likeness (QED) is 0.757. The summed E-state index contributed by atoms with van der Waals surface area (Å²) in [5.41, 5.74) is 0. The van der Waals surface area contributed by atoms with Crippen LogP contribution in [0.2, 0.25) is 0 Å². The predicted molar refractivity (Wildman–Crippen MR) is 76.4 cm³/mol. The van der Waals surface area contributed by atoms with Gasteiger partial charge in [-0.05, 0) is 21.8 Å². The first kappa shape index (κ1) is 14.9. The molecular weight excluding hydrogens is 292 g/mol. The Morgan fingerprint density at radius 3 is 2.72 bits per heavy atom. The molecule has 0 amide bonds. The van der Waals surface area contributed by atoms with Gasteiger partial charge in [0.2, 0.25) is 0 Å². The minimum absolute atomic E-state index is 0.510. The Morgan fingerprint density at radius 1 is 1.44 bits per heavy atom. The first-order valence-electron chi connectivity index (χ1n) is 6.22. The van der Waals surface area contributed by atoms with Crippen LogP contribution in [0.3, 0.4) is 0 Å². The van der Waals surface area contributed by atoms with Crippen molar-refractivity contribution in [1.82, 2.24) is 9.97 Å². The van der Waals surface area contributed by atoms with E-state index in [0.29, 0.717) is 18.9 Å². The highest BCUT2D eigenvalue weighted by molar-refractivity contribution is 9.10. The third-order valence-corrected chi connectivity index (χ3v) is 2.85. The number of aryl methyl sites for hydroxylation is 1. The lowest BCUT2D eigenvalue weighted by molar-refractivity contribution is 0.606. The molecule has 18 heavy (non-hydrogen) atoms. The number of hydrogen-bond donors (Lipinski definition) is 0. The molecule has 1 aromatic rings. The smallest absolute Gasteiger partial charge is 0.133 e. The number of nitrogens with zero attached hydrogens (tertiary/aromatic N) is 4. The van der Waals surface area contributed by atoms with Gasteiger partial charge in [-0.1, -0.05) is 20.8 Å². The van der Waals surface area contributed by atoms with Gasteiger partial charge in [0.1, 0.15) is 16.2 Å². The van der Waals surface area contributed by atoms with E-state index >= 15 is 0 Å². The topological polar surface area (TPSA) is 52.8 Å². The molecular formula is C13H19BrN4. The molecule has 0 spiro atoms. The average molecular weight is 311 g/mol. The Hall–Kier alpha value is -1.15. The van der Waals surface area contributed by atoms with Crippen molar-refractivity contribution in [2.24, 2.45) is 5.92 Å². The lowest BCUT2D eigenvalue weighted by atomic mass is 10.2. The van der Waals surface area contributed by atoms with E-state index in [1.165, 1.54) is 0 Å². The van der Waals surface area contributed by atoms with Crippen LogP contribution >= 0.6 is 15.9 Å². The summed E-state index contributed by atoms with van der Waals surface area (Å²) in [5, 5.41) is 8.73. The third kappa shape index (κ3) is 4.61. The van der Waals surface area contributed by atoms with E-state index in [9.17, 15) is 0 Å². The van der Waals surface area contributed by atoms with Crippen molar-refractivity contribution in [3.8, 4) is 6.07 Å². The van der Waals surface area contributed by atoms with Gasteiger partial charge in [0.05, 0.1) is 12.5 Å². The highest BCUT2D eigenvalue weighted by atomic mass is 79.9. The molecule has 0 radical (unpaired) electrons. The molecule has 1 heterocycles. The van der Waals surface area contributed by atoms with Crippen LogP contribution in [0.15, 0.2) is 10.7 Å². The second kappa shape index (κ2) is 7.32. The number of rotatable bonds is 6. The number of halogens is 1. The van der Waals surface area contributed by atoms with Crippen LogP contribution in [0.5, 0.6) is 0 Å². The number of hydrogen-bond acceptors (Lipinski definition) is 4. The molecule has 5 heteroatoms. The van der Waals surface area contributed by atoms with Crippen LogP contribution in [-0.2, 0) is 6.42 Å². The normalized spacial score (nSPS) is 10.4. The Balaban J connectivity index is 2.96. The fourth-order valence-electron chi connectivity index (χ4n) is 1.70. The van der Waals surface area contributed by atoms with Crippen LogP contribution in [0.1, 0.15) is 33.0 Å². The zero-order valence-electron chi connectivity index (χ0n) is 11.1. The summed E-state index contributed by atoms with van der Waals surface area (Å²) in [6, 6.07) is 4.10. The van der Waals surface area contributed by atoms with E-state index in [1.807, 2.05) is 13.0 Å². The van der Waals surface area contributed by atoms with Gasteiger partial charge in [0, 0.05) is 25.6 Å². The number of anilines is 1. The maximum absolute atomic E-state index is 8.73. The lowest BCUT2D eigenvalue weighted by Crippen LogP contribution is -2.29. The molecule has 0 aromatic carbocycles. The molecule has 1 aromatic heterocycles. The van der Waals surface area contributed by atoms with Gasteiger partial charge in [0.25, 0.3) is 0 Å². The summed E-state index contributed by atoms with van der Waals surface area (Å²) in [6.45, 7) is 7.97. The van der Waals surface area contributed by atoms with E-state index in [-0.39, 0.29) is 0 Å². The summed E-state index contributed by atoms with van der Waals surface area (Å²) in [7, 11) is 0. The first-order valence-corrected chi connectivity index (χ1v) is 7.01. The fraction of sp³-hybridized carbons (Fsp3) is 0.615. The van der Waals surface area contributed by atoms with Gasteiger partial charge in [-0.15, -0.1) is 0 Å². The molecule has 0 aliphatic heterocycles. The molecule has 0 aliphatic carbocycles. The standard InChI is InChI=1S/C13H19BrN4/c1-4-12-16-11(14)8-13(17-12)18(7-5-6-15)9-10(2)3/h8,10H,4-5,7,9H2,1-3H3. The van der Waals surface area contributed by atoms with Crippen molar-refractivity contribution in [2.75, 3.05) is 18.0 Å². The van der Waals surface area contributed by atoms with Crippen molar-refractivity contribution in [3.63, 3.8) is 0 Å². The molecule has 0 fully saturated rings. The Kier molecular flexibility index (Phi) is 6.06. The molecule has 0 saturated heterocycles. The summed E-state index contributed by atoms with van der Waals surface area (Å²) in [6.07, 6.45) is 1.32. The first-order chi connectivity index (χ1) is 8.56. The molecule has 0 atom stereocenters. The van der Waals surface area contributed by atoms with E-state index in [1.54, 1.807) is 0 Å². The van der Waals surface area contributed by atoms with Gasteiger partial charge >= 0.3 is 0 Å². The maximum Gasteiger partial charge on any atom is 0.133 e. The van der Waals surface area contributed by atoms with Gasteiger partial charge in [0.15, 0.2) is 0 Å². The zero-order valence-corrected chi connectivity index (χ0v) is 12.7.